The van der Waals surface area contributed by atoms with E-state index >= 15 is 0 Å². The summed E-state index contributed by atoms with van der Waals surface area (Å²) in [5.41, 5.74) is 0. The van der Waals surface area contributed by atoms with Crippen LogP contribution in [0.1, 0.15) is 6.92 Å². The number of aliphatic hydroxyl groups is 1. The molecule has 1 rings (SSSR count). The van der Waals surface area contributed by atoms with Gasteiger partial charge in [0.05, 0.1) is 13.2 Å². The summed E-state index contributed by atoms with van der Waals surface area (Å²) in [6.07, 6.45) is -4.44. The number of ether oxygens (including phenoxy) is 1. The van der Waals surface area contributed by atoms with Crippen molar-refractivity contribution in [3.05, 3.63) is 0 Å². The summed E-state index contributed by atoms with van der Waals surface area (Å²) in [7, 11) is 1.52. The minimum Gasteiger partial charge on any atom is -0.464 e. The number of anilines is 2. The van der Waals surface area contributed by atoms with E-state index in [-0.39, 0.29) is 31.1 Å². The second-order valence-electron chi connectivity index (χ2n) is 3.68. The van der Waals surface area contributed by atoms with Crippen LogP contribution in [0.4, 0.5) is 25.1 Å². The SMILES string of the molecule is CCOc1nc(NC)nc(N(CCO)CC(F)(F)F)n1. The first-order valence-electron chi connectivity index (χ1n) is 5.88. The molecular formula is C10H16F3N5O2. The molecule has 7 nitrogen and oxygen atoms in total. The maximum Gasteiger partial charge on any atom is 0.406 e. The molecule has 0 aliphatic carbocycles. The smallest absolute Gasteiger partial charge is 0.406 e. The highest BCUT2D eigenvalue weighted by molar-refractivity contribution is 5.38. The monoisotopic (exact) mass is 295 g/mol. The fourth-order valence-electron chi connectivity index (χ4n) is 1.38. The first-order valence-corrected chi connectivity index (χ1v) is 5.88. The molecule has 0 aliphatic rings. The molecule has 10 heteroatoms. The van der Waals surface area contributed by atoms with E-state index in [2.05, 4.69) is 20.3 Å². The number of nitrogens with one attached hydrogen (secondary N) is 1. The molecule has 20 heavy (non-hydrogen) atoms. The predicted octanol–water partition coefficient (Wildman–Crippen LogP) is 0.673. The molecule has 0 bridgehead atoms. The zero-order valence-electron chi connectivity index (χ0n) is 11.1. The Morgan fingerprint density at radius 1 is 1.30 bits per heavy atom. The highest BCUT2D eigenvalue weighted by Crippen LogP contribution is 2.21. The Morgan fingerprint density at radius 2 is 2.00 bits per heavy atom. The van der Waals surface area contributed by atoms with Gasteiger partial charge in [-0.25, -0.2) is 0 Å². The number of aliphatic hydroxyl groups excluding tert-OH is 1. The number of alkyl halides is 3. The van der Waals surface area contributed by atoms with Crippen molar-refractivity contribution >= 4 is 11.9 Å². The molecule has 0 fully saturated rings. The van der Waals surface area contributed by atoms with E-state index in [9.17, 15) is 13.2 Å². The number of halogens is 3. The van der Waals surface area contributed by atoms with Crippen molar-refractivity contribution in [2.45, 2.75) is 13.1 Å². The van der Waals surface area contributed by atoms with Gasteiger partial charge in [0.25, 0.3) is 0 Å². The van der Waals surface area contributed by atoms with Crippen LogP contribution in [-0.2, 0) is 0 Å². The van der Waals surface area contributed by atoms with Crippen LogP contribution < -0.4 is 15.0 Å². The lowest BCUT2D eigenvalue weighted by molar-refractivity contribution is -0.120. The quantitative estimate of drug-likeness (QED) is 0.765. The summed E-state index contributed by atoms with van der Waals surface area (Å²) in [6.45, 7) is -0.0131. The van der Waals surface area contributed by atoms with Crippen molar-refractivity contribution in [3.63, 3.8) is 0 Å². The van der Waals surface area contributed by atoms with Gasteiger partial charge in [-0.3, -0.25) is 0 Å². The highest BCUT2D eigenvalue weighted by atomic mass is 19.4. The zero-order chi connectivity index (χ0) is 15.2. The van der Waals surface area contributed by atoms with E-state index in [1.165, 1.54) is 7.05 Å². The minimum absolute atomic E-state index is 0.0769. The Hall–Kier alpha value is -1.84. The molecule has 1 heterocycles. The fourth-order valence-corrected chi connectivity index (χ4v) is 1.38. The number of hydrogen-bond acceptors (Lipinski definition) is 7. The van der Waals surface area contributed by atoms with Crippen LogP contribution in [0.5, 0.6) is 6.01 Å². The van der Waals surface area contributed by atoms with E-state index < -0.39 is 19.3 Å². The molecular weight excluding hydrogens is 279 g/mol. The summed E-state index contributed by atoms with van der Waals surface area (Å²) in [5.74, 6) is -0.122. The summed E-state index contributed by atoms with van der Waals surface area (Å²) in [6, 6.07) is -0.0769. The normalized spacial score (nSPS) is 11.3. The first kappa shape index (κ1) is 16.2. The van der Waals surface area contributed by atoms with Gasteiger partial charge in [0.15, 0.2) is 0 Å². The number of hydrogen-bond donors (Lipinski definition) is 2. The van der Waals surface area contributed by atoms with Crippen LogP contribution in [0, 0.1) is 0 Å². The molecule has 0 unspecified atom stereocenters. The number of rotatable bonds is 7. The van der Waals surface area contributed by atoms with Crippen LogP contribution in [0.15, 0.2) is 0 Å². The van der Waals surface area contributed by atoms with Crippen molar-refractivity contribution in [2.75, 3.05) is 43.6 Å². The third-order valence-corrected chi connectivity index (χ3v) is 2.12. The van der Waals surface area contributed by atoms with Gasteiger partial charge in [-0.1, -0.05) is 0 Å². The highest BCUT2D eigenvalue weighted by Gasteiger charge is 2.32. The molecule has 0 spiro atoms. The third-order valence-electron chi connectivity index (χ3n) is 2.12. The Balaban J connectivity index is 3.07. The molecule has 2 N–H and O–H groups in total. The van der Waals surface area contributed by atoms with Crippen molar-refractivity contribution < 1.29 is 23.0 Å². The Labute approximate surface area is 113 Å². The topological polar surface area (TPSA) is 83.4 Å². The lowest BCUT2D eigenvalue weighted by Crippen LogP contribution is -2.37. The summed E-state index contributed by atoms with van der Waals surface area (Å²) in [4.78, 5) is 12.3. The van der Waals surface area contributed by atoms with E-state index in [1.54, 1.807) is 6.92 Å². The summed E-state index contributed by atoms with van der Waals surface area (Å²) < 4.78 is 42.6. The average molecular weight is 295 g/mol. The molecule has 0 radical (unpaired) electrons. The number of nitrogens with zero attached hydrogens (tertiary/aromatic N) is 4. The van der Waals surface area contributed by atoms with E-state index in [0.717, 1.165) is 4.90 Å². The molecule has 0 aliphatic heterocycles. The molecule has 114 valence electrons. The second kappa shape index (κ2) is 7.08. The minimum atomic E-state index is -4.44. The van der Waals surface area contributed by atoms with Crippen LogP contribution in [0.3, 0.4) is 0 Å². The maximum absolute atomic E-state index is 12.5. The molecule has 0 saturated carbocycles. The van der Waals surface area contributed by atoms with Gasteiger partial charge in [0, 0.05) is 13.6 Å². The molecule has 0 aromatic carbocycles. The van der Waals surface area contributed by atoms with E-state index in [1.807, 2.05) is 0 Å². The van der Waals surface area contributed by atoms with Crippen LogP contribution in [0.2, 0.25) is 0 Å². The van der Waals surface area contributed by atoms with Crippen molar-refractivity contribution in [1.29, 1.82) is 0 Å². The van der Waals surface area contributed by atoms with Crippen LogP contribution in [-0.4, -0.2) is 59.6 Å². The van der Waals surface area contributed by atoms with Crippen molar-refractivity contribution in [3.8, 4) is 6.01 Å². The largest absolute Gasteiger partial charge is 0.464 e. The average Bonchev–Trinajstić information content (AvgIpc) is 2.36. The van der Waals surface area contributed by atoms with Gasteiger partial charge >= 0.3 is 12.2 Å². The summed E-state index contributed by atoms with van der Waals surface area (Å²) >= 11 is 0. The van der Waals surface area contributed by atoms with Gasteiger partial charge in [-0.2, -0.15) is 28.1 Å². The van der Waals surface area contributed by atoms with Gasteiger partial charge in [-0.05, 0) is 6.92 Å². The van der Waals surface area contributed by atoms with Crippen LogP contribution >= 0.6 is 0 Å². The van der Waals surface area contributed by atoms with Gasteiger partial charge in [-0.15, -0.1) is 0 Å². The predicted molar refractivity (Wildman–Crippen MR) is 65.9 cm³/mol. The van der Waals surface area contributed by atoms with Crippen LogP contribution in [0.25, 0.3) is 0 Å². The van der Waals surface area contributed by atoms with Gasteiger partial charge in [0.1, 0.15) is 6.54 Å². The Morgan fingerprint density at radius 3 is 2.50 bits per heavy atom. The van der Waals surface area contributed by atoms with Gasteiger partial charge in [0.2, 0.25) is 11.9 Å². The summed E-state index contributed by atoms with van der Waals surface area (Å²) in [5, 5.41) is 11.5. The second-order valence-corrected chi connectivity index (χ2v) is 3.68. The standard InChI is InChI=1S/C10H16F3N5O2/c1-3-20-9-16-7(14-2)15-8(17-9)18(4-5-19)6-10(11,12)13/h19H,3-6H2,1-2H3,(H,14,15,16,17). The van der Waals surface area contributed by atoms with Crippen molar-refractivity contribution in [2.24, 2.45) is 0 Å². The zero-order valence-corrected chi connectivity index (χ0v) is 11.1. The maximum atomic E-state index is 12.5. The molecule has 0 amide bonds. The third kappa shape index (κ3) is 5.03. The fraction of sp³-hybridized carbons (Fsp3) is 0.700. The van der Waals surface area contributed by atoms with E-state index in [4.69, 9.17) is 9.84 Å². The first-order chi connectivity index (χ1) is 9.39. The Bertz CT molecular complexity index is 430. The lowest BCUT2D eigenvalue weighted by Gasteiger charge is -2.23. The molecule has 0 atom stereocenters. The van der Waals surface area contributed by atoms with Gasteiger partial charge < -0.3 is 20.1 Å². The van der Waals surface area contributed by atoms with Crippen molar-refractivity contribution in [1.82, 2.24) is 15.0 Å². The Kier molecular flexibility index (Phi) is 5.74. The molecule has 1 aromatic heterocycles. The lowest BCUT2D eigenvalue weighted by atomic mass is 10.5. The van der Waals surface area contributed by atoms with E-state index in [0.29, 0.717) is 0 Å². The molecule has 1 aromatic rings. The molecule has 0 saturated heterocycles. The number of aromatic nitrogens is 3.